The van der Waals surface area contributed by atoms with Crippen LogP contribution in [0, 0.1) is 11.3 Å². The van der Waals surface area contributed by atoms with E-state index < -0.39 is 0 Å². The lowest BCUT2D eigenvalue weighted by molar-refractivity contribution is -0.142. The van der Waals surface area contributed by atoms with Crippen LogP contribution in [0.15, 0.2) is 11.6 Å². The van der Waals surface area contributed by atoms with Gasteiger partial charge in [-0.15, -0.1) is 0 Å². The molecule has 0 aliphatic carbocycles. The highest BCUT2D eigenvalue weighted by molar-refractivity contribution is 5.72. The number of hydrogen-bond donors (Lipinski definition) is 0. The van der Waals surface area contributed by atoms with Gasteiger partial charge in [0.1, 0.15) is 0 Å². The van der Waals surface area contributed by atoms with E-state index in [1.807, 2.05) is 13.0 Å². The zero-order valence-corrected chi connectivity index (χ0v) is 7.46. The summed E-state index contributed by atoms with van der Waals surface area (Å²) in [6.45, 7) is 4.06. The molecule has 3 heteroatoms. The summed E-state index contributed by atoms with van der Waals surface area (Å²) in [5.74, 6) is -0.263. The molecule has 3 nitrogen and oxygen atoms in total. The minimum absolute atomic E-state index is 0.234. The average Bonchev–Trinajstić information content (AvgIpc) is 2.04. The second kappa shape index (κ2) is 6.41. The van der Waals surface area contributed by atoms with Crippen LogP contribution in [-0.2, 0) is 9.53 Å². The van der Waals surface area contributed by atoms with Crippen molar-refractivity contribution >= 4 is 5.97 Å². The van der Waals surface area contributed by atoms with Gasteiger partial charge in [-0.2, -0.15) is 5.26 Å². The minimum Gasteiger partial charge on any atom is -0.466 e. The number of nitrogens with zero attached hydrogens (tertiary/aromatic N) is 1. The molecule has 0 spiro atoms. The Morgan fingerprint density at radius 1 is 1.58 bits per heavy atom. The zero-order valence-electron chi connectivity index (χ0n) is 7.46. The summed E-state index contributed by atoms with van der Waals surface area (Å²) in [4.78, 5) is 10.9. The van der Waals surface area contributed by atoms with Crippen LogP contribution >= 0.6 is 0 Å². The number of allylic oxidation sites excluding steroid dienone is 1. The standard InChI is InChI=1S/C9H13NO2/c1-3-8(5-6-10)7-9(11)12-4-2/h5H,3-4,7H2,1-2H3. The van der Waals surface area contributed by atoms with Crippen molar-refractivity contribution in [3.8, 4) is 6.07 Å². The van der Waals surface area contributed by atoms with Gasteiger partial charge in [0.2, 0.25) is 0 Å². The maximum Gasteiger partial charge on any atom is 0.309 e. The molecule has 0 bridgehead atoms. The molecule has 0 atom stereocenters. The lowest BCUT2D eigenvalue weighted by Crippen LogP contribution is -2.04. The summed E-state index contributed by atoms with van der Waals surface area (Å²) < 4.78 is 4.73. The van der Waals surface area contributed by atoms with Crippen molar-refractivity contribution in [3.63, 3.8) is 0 Å². The molecule has 0 aromatic carbocycles. The first-order valence-corrected chi connectivity index (χ1v) is 3.97. The highest BCUT2D eigenvalue weighted by atomic mass is 16.5. The fraction of sp³-hybridized carbons (Fsp3) is 0.556. The summed E-state index contributed by atoms with van der Waals surface area (Å²) in [5, 5.41) is 8.33. The molecule has 0 amide bonds. The molecule has 0 aliphatic rings. The van der Waals surface area contributed by atoms with E-state index in [-0.39, 0.29) is 12.4 Å². The summed E-state index contributed by atoms with van der Waals surface area (Å²) in [5.41, 5.74) is 0.816. The van der Waals surface area contributed by atoms with Gasteiger partial charge in [-0.05, 0) is 18.9 Å². The molecule has 0 fully saturated rings. The maximum atomic E-state index is 10.9. The van der Waals surface area contributed by atoms with Crippen LogP contribution in [0.25, 0.3) is 0 Å². The van der Waals surface area contributed by atoms with E-state index in [1.165, 1.54) is 6.08 Å². The summed E-state index contributed by atoms with van der Waals surface area (Å²) in [6, 6.07) is 1.90. The molecule has 66 valence electrons. The molecular formula is C9H13NO2. The molecule has 0 heterocycles. The highest BCUT2D eigenvalue weighted by Crippen LogP contribution is 2.06. The number of carbonyl (C=O) groups is 1. The molecule has 0 unspecified atom stereocenters. The van der Waals surface area contributed by atoms with Crippen molar-refractivity contribution in [1.82, 2.24) is 0 Å². The van der Waals surface area contributed by atoms with Gasteiger partial charge < -0.3 is 4.74 Å². The topological polar surface area (TPSA) is 50.1 Å². The average molecular weight is 167 g/mol. The van der Waals surface area contributed by atoms with Crippen molar-refractivity contribution in [1.29, 1.82) is 5.26 Å². The second-order valence-electron chi connectivity index (χ2n) is 2.27. The molecule has 0 rings (SSSR count). The smallest absolute Gasteiger partial charge is 0.309 e. The lowest BCUT2D eigenvalue weighted by Gasteiger charge is -2.02. The van der Waals surface area contributed by atoms with Crippen LogP contribution < -0.4 is 0 Å². The van der Waals surface area contributed by atoms with E-state index in [2.05, 4.69) is 0 Å². The van der Waals surface area contributed by atoms with Crippen LogP contribution in [0.3, 0.4) is 0 Å². The number of esters is 1. The number of rotatable bonds is 4. The van der Waals surface area contributed by atoms with E-state index in [1.54, 1.807) is 6.92 Å². The summed E-state index contributed by atoms with van der Waals surface area (Å²) in [6.07, 6.45) is 2.35. The van der Waals surface area contributed by atoms with Crippen LogP contribution in [0.2, 0.25) is 0 Å². The predicted molar refractivity (Wildman–Crippen MR) is 45.2 cm³/mol. The van der Waals surface area contributed by atoms with Crippen LogP contribution in [0.1, 0.15) is 26.7 Å². The Morgan fingerprint density at radius 3 is 2.67 bits per heavy atom. The fourth-order valence-electron chi connectivity index (χ4n) is 0.767. The quantitative estimate of drug-likeness (QED) is 0.474. The van der Waals surface area contributed by atoms with Crippen molar-refractivity contribution in [2.45, 2.75) is 26.7 Å². The zero-order chi connectivity index (χ0) is 9.40. The molecule has 0 radical (unpaired) electrons. The van der Waals surface area contributed by atoms with E-state index >= 15 is 0 Å². The van der Waals surface area contributed by atoms with Crippen molar-refractivity contribution in [2.75, 3.05) is 6.61 Å². The predicted octanol–water partition coefficient (Wildman–Crippen LogP) is 1.80. The maximum absolute atomic E-state index is 10.9. The molecule has 0 aromatic heterocycles. The van der Waals surface area contributed by atoms with Gasteiger partial charge in [0, 0.05) is 6.08 Å². The van der Waals surface area contributed by atoms with E-state index in [4.69, 9.17) is 10.00 Å². The van der Waals surface area contributed by atoms with Gasteiger partial charge in [-0.3, -0.25) is 4.79 Å². The van der Waals surface area contributed by atoms with Crippen LogP contribution in [0.4, 0.5) is 0 Å². The first kappa shape index (κ1) is 10.7. The van der Waals surface area contributed by atoms with Gasteiger partial charge in [0.25, 0.3) is 0 Å². The second-order valence-corrected chi connectivity index (χ2v) is 2.27. The Labute approximate surface area is 72.6 Å². The normalized spacial score (nSPS) is 10.6. The molecule has 0 aromatic rings. The third kappa shape index (κ3) is 4.51. The fourth-order valence-corrected chi connectivity index (χ4v) is 0.767. The summed E-state index contributed by atoms with van der Waals surface area (Å²) in [7, 11) is 0. The van der Waals surface area contributed by atoms with Gasteiger partial charge >= 0.3 is 5.97 Å². The SMILES string of the molecule is CCOC(=O)CC(=CC#N)CC. The van der Waals surface area contributed by atoms with Crippen molar-refractivity contribution in [3.05, 3.63) is 11.6 Å². The first-order chi connectivity index (χ1) is 5.74. The Balaban J connectivity index is 3.96. The van der Waals surface area contributed by atoms with Crippen molar-refractivity contribution in [2.24, 2.45) is 0 Å². The Hall–Kier alpha value is -1.30. The molecule has 0 saturated heterocycles. The van der Waals surface area contributed by atoms with Gasteiger partial charge in [0.15, 0.2) is 0 Å². The Kier molecular flexibility index (Phi) is 5.72. The molecule has 0 saturated carbocycles. The third-order valence-corrected chi connectivity index (χ3v) is 1.40. The third-order valence-electron chi connectivity index (χ3n) is 1.40. The Morgan fingerprint density at radius 2 is 2.25 bits per heavy atom. The van der Waals surface area contributed by atoms with Gasteiger partial charge in [-0.25, -0.2) is 0 Å². The Bertz CT molecular complexity index is 213. The molecular weight excluding hydrogens is 154 g/mol. The number of carbonyl (C=O) groups excluding carboxylic acids is 1. The first-order valence-electron chi connectivity index (χ1n) is 3.97. The molecule has 12 heavy (non-hydrogen) atoms. The number of hydrogen-bond acceptors (Lipinski definition) is 3. The van der Waals surface area contributed by atoms with Crippen LogP contribution in [-0.4, -0.2) is 12.6 Å². The lowest BCUT2D eigenvalue weighted by atomic mass is 10.1. The highest BCUT2D eigenvalue weighted by Gasteiger charge is 2.03. The van der Waals surface area contributed by atoms with Crippen molar-refractivity contribution < 1.29 is 9.53 Å². The van der Waals surface area contributed by atoms with Gasteiger partial charge in [-0.1, -0.05) is 6.92 Å². The number of ether oxygens (including phenoxy) is 1. The van der Waals surface area contributed by atoms with E-state index in [9.17, 15) is 4.79 Å². The molecule has 0 aliphatic heterocycles. The minimum atomic E-state index is -0.263. The monoisotopic (exact) mass is 167 g/mol. The molecule has 0 N–H and O–H groups in total. The van der Waals surface area contributed by atoms with Gasteiger partial charge in [0.05, 0.1) is 19.1 Å². The summed E-state index contributed by atoms with van der Waals surface area (Å²) >= 11 is 0. The number of nitriles is 1. The van der Waals surface area contributed by atoms with Crippen LogP contribution in [0.5, 0.6) is 0 Å². The largest absolute Gasteiger partial charge is 0.466 e. The van der Waals surface area contributed by atoms with E-state index in [0.29, 0.717) is 13.0 Å². The van der Waals surface area contributed by atoms with E-state index in [0.717, 1.165) is 5.57 Å².